The number of hydrogen-bond acceptors (Lipinski definition) is 4. The molecule has 0 spiro atoms. The molecule has 34 heavy (non-hydrogen) atoms. The second-order valence-corrected chi connectivity index (χ2v) is 10.2. The van der Waals surface area contributed by atoms with E-state index in [1.807, 2.05) is 31.2 Å². The summed E-state index contributed by atoms with van der Waals surface area (Å²) in [5.74, 6) is 0.0939. The van der Waals surface area contributed by atoms with Gasteiger partial charge in [0.2, 0.25) is 0 Å². The number of benzene rings is 3. The molecular formula is C26H22F3NO2S2. The summed E-state index contributed by atoms with van der Waals surface area (Å²) >= 11 is 3.21. The topological polar surface area (TPSA) is 50.2 Å². The lowest BCUT2D eigenvalue weighted by atomic mass is 10.0. The molecular weight excluding hydrogens is 479 g/mol. The lowest BCUT2D eigenvalue weighted by Crippen LogP contribution is -2.03. The summed E-state index contributed by atoms with van der Waals surface area (Å²) in [6.45, 7) is 2.01. The Morgan fingerprint density at radius 3 is 2.47 bits per heavy atom. The summed E-state index contributed by atoms with van der Waals surface area (Å²) in [5, 5.41) is 9.56. The van der Waals surface area contributed by atoms with Gasteiger partial charge in [-0.3, -0.25) is 4.79 Å². The second kappa shape index (κ2) is 10.2. The number of thiazole rings is 1. The van der Waals surface area contributed by atoms with E-state index in [1.165, 1.54) is 23.5 Å². The van der Waals surface area contributed by atoms with Gasteiger partial charge >= 0.3 is 12.1 Å². The highest BCUT2D eigenvalue weighted by Crippen LogP contribution is 2.34. The molecule has 0 aliphatic carbocycles. The van der Waals surface area contributed by atoms with Crippen molar-refractivity contribution in [2.24, 2.45) is 0 Å². The standard InChI is InChI=1S/C26H22F3NO2S2/c1-16-14-21(9-5-18(16)6-11-24(31)32)33-13-12-17-2-10-23-22(15-17)30-25(34-23)19-3-7-20(8-4-19)26(27,28)29/h2-5,7-10,14-15H,6,11-13H2,1H3,(H,31,32). The number of thioether (sulfide) groups is 1. The molecule has 3 aromatic carbocycles. The number of alkyl halides is 3. The molecule has 0 saturated carbocycles. The van der Waals surface area contributed by atoms with E-state index < -0.39 is 17.7 Å². The zero-order valence-electron chi connectivity index (χ0n) is 18.4. The Morgan fingerprint density at radius 1 is 1.03 bits per heavy atom. The first kappa shape index (κ1) is 24.3. The normalized spacial score (nSPS) is 11.8. The fourth-order valence-corrected chi connectivity index (χ4v) is 5.57. The van der Waals surface area contributed by atoms with Gasteiger partial charge in [0.1, 0.15) is 5.01 Å². The summed E-state index contributed by atoms with van der Waals surface area (Å²) < 4.78 is 39.4. The summed E-state index contributed by atoms with van der Waals surface area (Å²) in [7, 11) is 0. The minimum atomic E-state index is -4.35. The lowest BCUT2D eigenvalue weighted by Gasteiger charge is -2.08. The monoisotopic (exact) mass is 501 g/mol. The highest BCUT2D eigenvalue weighted by Gasteiger charge is 2.30. The van der Waals surface area contributed by atoms with Crippen molar-refractivity contribution >= 4 is 39.3 Å². The average Bonchev–Trinajstić information content (AvgIpc) is 3.21. The van der Waals surface area contributed by atoms with Gasteiger partial charge in [0.15, 0.2) is 0 Å². The summed E-state index contributed by atoms with van der Waals surface area (Å²) in [4.78, 5) is 16.6. The molecule has 1 N–H and O–H groups in total. The van der Waals surface area contributed by atoms with Crippen LogP contribution in [0.15, 0.2) is 65.6 Å². The molecule has 4 rings (SSSR count). The van der Waals surface area contributed by atoms with Gasteiger partial charge < -0.3 is 5.11 Å². The number of aryl methyl sites for hydroxylation is 3. The SMILES string of the molecule is Cc1cc(SCCc2ccc3sc(-c4ccc(C(F)(F)F)cc4)nc3c2)ccc1CCC(=O)O. The molecule has 176 valence electrons. The van der Waals surface area contributed by atoms with Gasteiger partial charge in [-0.1, -0.05) is 24.3 Å². The van der Waals surface area contributed by atoms with Crippen molar-refractivity contribution in [2.45, 2.75) is 37.3 Å². The van der Waals surface area contributed by atoms with E-state index in [0.29, 0.717) is 17.0 Å². The van der Waals surface area contributed by atoms with E-state index in [0.717, 1.165) is 56.1 Å². The van der Waals surface area contributed by atoms with Gasteiger partial charge in [0, 0.05) is 22.6 Å². The number of carboxylic acid groups (broad SMARTS) is 1. The Labute approximate surface area is 203 Å². The van der Waals surface area contributed by atoms with Gasteiger partial charge in [-0.2, -0.15) is 13.2 Å². The van der Waals surface area contributed by atoms with Crippen LogP contribution in [-0.4, -0.2) is 21.8 Å². The minimum Gasteiger partial charge on any atom is -0.481 e. The summed E-state index contributed by atoms with van der Waals surface area (Å²) in [6.07, 6.45) is -2.82. The third-order valence-corrected chi connectivity index (χ3v) is 7.57. The van der Waals surface area contributed by atoms with Crippen LogP contribution in [0.25, 0.3) is 20.8 Å². The van der Waals surface area contributed by atoms with E-state index in [9.17, 15) is 18.0 Å². The van der Waals surface area contributed by atoms with Crippen LogP contribution in [-0.2, 0) is 23.8 Å². The summed E-state index contributed by atoms with van der Waals surface area (Å²) in [5.41, 5.74) is 4.17. The number of halogens is 3. The molecule has 1 aromatic heterocycles. The van der Waals surface area contributed by atoms with Crippen molar-refractivity contribution in [1.29, 1.82) is 0 Å². The molecule has 8 heteroatoms. The minimum absolute atomic E-state index is 0.132. The first-order valence-corrected chi connectivity index (χ1v) is 12.5. The maximum absolute atomic E-state index is 12.8. The maximum atomic E-state index is 12.8. The number of nitrogens with zero attached hydrogens (tertiary/aromatic N) is 1. The van der Waals surface area contributed by atoms with Crippen molar-refractivity contribution in [1.82, 2.24) is 4.98 Å². The first-order chi connectivity index (χ1) is 16.2. The van der Waals surface area contributed by atoms with Crippen molar-refractivity contribution in [3.05, 3.63) is 82.9 Å². The van der Waals surface area contributed by atoms with Crippen molar-refractivity contribution < 1.29 is 23.1 Å². The third kappa shape index (κ3) is 5.98. The van der Waals surface area contributed by atoms with Crippen molar-refractivity contribution in [3.63, 3.8) is 0 Å². The van der Waals surface area contributed by atoms with Crippen molar-refractivity contribution in [3.8, 4) is 10.6 Å². The van der Waals surface area contributed by atoms with E-state index in [-0.39, 0.29) is 6.42 Å². The van der Waals surface area contributed by atoms with E-state index in [4.69, 9.17) is 5.11 Å². The predicted molar refractivity (Wildman–Crippen MR) is 132 cm³/mol. The number of carboxylic acids is 1. The third-order valence-electron chi connectivity index (χ3n) is 5.49. The fourth-order valence-electron chi connectivity index (χ4n) is 3.62. The highest BCUT2D eigenvalue weighted by molar-refractivity contribution is 7.99. The number of aliphatic carboxylic acids is 1. The smallest absolute Gasteiger partial charge is 0.416 e. The van der Waals surface area contributed by atoms with Crippen LogP contribution in [0.5, 0.6) is 0 Å². The zero-order valence-corrected chi connectivity index (χ0v) is 20.0. The molecule has 0 bridgehead atoms. The molecule has 0 saturated heterocycles. The first-order valence-electron chi connectivity index (χ1n) is 10.7. The largest absolute Gasteiger partial charge is 0.481 e. The number of fused-ring (bicyclic) bond motifs is 1. The van der Waals surface area contributed by atoms with Crippen LogP contribution in [0.4, 0.5) is 13.2 Å². The van der Waals surface area contributed by atoms with E-state index in [2.05, 4.69) is 17.1 Å². The average molecular weight is 502 g/mol. The van der Waals surface area contributed by atoms with Crippen LogP contribution in [0.2, 0.25) is 0 Å². The van der Waals surface area contributed by atoms with Gasteiger partial charge in [0.25, 0.3) is 0 Å². The molecule has 0 atom stereocenters. The van der Waals surface area contributed by atoms with Gasteiger partial charge in [-0.15, -0.1) is 23.1 Å². The van der Waals surface area contributed by atoms with E-state index >= 15 is 0 Å². The van der Waals surface area contributed by atoms with Crippen LogP contribution < -0.4 is 0 Å². The van der Waals surface area contributed by atoms with E-state index in [1.54, 1.807) is 11.8 Å². The molecule has 0 aliphatic rings. The Morgan fingerprint density at radius 2 is 1.79 bits per heavy atom. The predicted octanol–water partition coefficient (Wildman–Crippen LogP) is 7.64. The Kier molecular flexibility index (Phi) is 7.28. The molecule has 0 unspecified atom stereocenters. The molecule has 3 nitrogen and oxygen atoms in total. The van der Waals surface area contributed by atoms with Gasteiger partial charge in [-0.05, 0) is 72.9 Å². The molecule has 0 fully saturated rings. The van der Waals surface area contributed by atoms with Gasteiger partial charge in [0.05, 0.1) is 15.8 Å². The second-order valence-electron chi connectivity index (χ2n) is 7.98. The Hall–Kier alpha value is -2.84. The number of rotatable bonds is 8. The Bertz CT molecular complexity index is 1310. The quantitative estimate of drug-likeness (QED) is 0.252. The number of aromatic nitrogens is 1. The Balaban J connectivity index is 1.39. The van der Waals surface area contributed by atoms with Gasteiger partial charge in [-0.25, -0.2) is 4.98 Å². The summed E-state index contributed by atoms with van der Waals surface area (Å²) in [6, 6.07) is 17.4. The maximum Gasteiger partial charge on any atom is 0.416 e. The van der Waals surface area contributed by atoms with Crippen LogP contribution in [0.1, 0.15) is 28.7 Å². The molecule has 0 aliphatic heterocycles. The van der Waals surface area contributed by atoms with Crippen LogP contribution in [0, 0.1) is 6.92 Å². The molecule has 0 amide bonds. The van der Waals surface area contributed by atoms with Crippen LogP contribution in [0.3, 0.4) is 0 Å². The number of hydrogen-bond donors (Lipinski definition) is 1. The lowest BCUT2D eigenvalue weighted by molar-refractivity contribution is -0.138. The van der Waals surface area contributed by atoms with Crippen molar-refractivity contribution in [2.75, 3.05) is 5.75 Å². The highest BCUT2D eigenvalue weighted by atomic mass is 32.2. The molecule has 1 heterocycles. The molecule has 4 aromatic rings. The zero-order chi connectivity index (χ0) is 24.3. The number of carbonyl (C=O) groups is 1. The molecule has 0 radical (unpaired) electrons. The van der Waals surface area contributed by atoms with Crippen LogP contribution >= 0.6 is 23.1 Å². The fraction of sp³-hybridized carbons (Fsp3) is 0.231.